The maximum Gasteiger partial charge on any atom is 0.227 e. The fraction of sp³-hybridized carbons (Fsp3) is 0.526. The molecular weight excluding hydrogens is 288 g/mol. The van der Waals surface area contributed by atoms with E-state index in [2.05, 4.69) is 36.2 Å². The van der Waals surface area contributed by atoms with Crippen molar-refractivity contribution in [3.8, 4) is 0 Å². The molecule has 1 N–H and O–H groups in total. The highest BCUT2D eigenvalue weighted by atomic mass is 16.3. The molecule has 2 bridgehead atoms. The van der Waals surface area contributed by atoms with Gasteiger partial charge in [-0.1, -0.05) is 12.1 Å². The van der Waals surface area contributed by atoms with E-state index in [0.717, 1.165) is 48.9 Å². The number of furan rings is 1. The van der Waals surface area contributed by atoms with E-state index < -0.39 is 0 Å². The minimum absolute atomic E-state index is 0.252. The summed E-state index contributed by atoms with van der Waals surface area (Å²) in [7, 11) is 0. The molecule has 3 heterocycles. The van der Waals surface area contributed by atoms with E-state index in [1.165, 1.54) is 11.1 Å². The number of rotatable bonds is 2. The van der Waals surface area contributed by atoms with E-state index in [1.807, 2.05) is 0 Å². The Morgan fingerprint density at radius 2 is 2.09 bits per heavy atom. The van der Waals surface area contributed by atoms with Crippen LogP contribution in [-0.4, -0.2) is 36.0 Å². The number of nitrogens with zero attached hydrogens (tertiary/aromatic N) is 1. The summed E-state index contributed by atoms with van der Waals surface area (Å²) in [6.45, 7) is 6.13. The van der Waals surface area contributed by atoms with Crippen LogP contribution in [0, 0.1) is 13.8 Å². The quantitative estimate of drug-likeness (QED) is 0.927. The van der Waals surface area contributed by atoms with Crippen molar-refractivity contribution in [3.05, 3.63) is 35.1 Å². The van der Waals surface area contributed by atoms with Crippen molar-refractivity contribution in [2.45, 2.75) is 51.6 Å². The van der Waals surface area contributed by atoms with Gasteiger partial charge in [0.25, 0.3) is 0 Å². The third-order valence-electron chi connectivity index (χ3n) is 5.63. The van der Waals surface area contributed by atoms with Crippen molar-refractivity contribution in [2.24, 2.45) is 0 Å². The minimum Gasteiger partial charge on any atom is -0.464 e. The molecule has 0 radical (unpaired) electrons. The Bertz CT molecular complexity index is 735. The van der Waals surface area contributed by atoms with Gasteiger partial charge >= 0.3 is 0 Å². The molecule has 1 aromatic carbocycles. The Labute approximate surface area is 136 Å². The molecule has 2 atom stereocenters. The number of carbonyl (C=O) groups is 1. The van der Waals surface area contributed by atoms with Crippen molar-refractivity contribution in [1.29, 1.82) is 0 Å². The zero-order valence-corrected chi connectivity index (χ0v) is 13.9. The fourth-order valence-corrected chi connectivity index (χ4v) is 4.17. The van der Waals surface area contributed by atoms with Crippen LogP contribution in [0.3, 0.4) is 0 Å². The molecule has 2 aliphatic heterocycles. The maximum atomic E-state index is 12.9. The summed E-state index contributed by atoms with van der Waals surface area (Å²) in [6.07, 6.45) is 5.58. The summed E-state index contributed by atoms with van der Waals surface area (Å²) in [4.78, 5) is 15.1. The molecule has 0 spiro atoms. The zero-order chi connectivity index (χ0) is 16.0. The molecule has 122 valence electrons. The Balaban J connectivity index is 1.61. The topological polar surface area (TPSA) is 45.5 Å². The molecule has 1 aromatic heterocycles. The van der Waals surface area contributed by atoms with Crippen LogP contribution in [0.1, 0.15) is 36.0 Å². The molecule has 4 nitrogen and oxygen atoms in total. The number of hydrogen-bond acceptors (Lipinski definition) is 3. The molecular formula is C19H24N2O2. The van der Waals surface area contributed by atoms with Crippen LogP contribution in [0.15, 0.2) is 22.8 Å². The van der Waals surface area contributed by atoms with Crippen LogP contribution in [0.2, 0.25) is 0 Å². The van der Waals surface area contributed by atoms with Crippen LogP contribution in [0.4, 0.5) is 0 Å². The third kappa shape index (κ3) is 2.45. The first-order valence-corrected chi connectivity index (χ1v) is 8.63. The summed E-state index contributed by atoms with van der Waals surface area (Å²) in [5.41, 5.74) is 4.33. The largest absolute Gasteiger partial charge is 0.464 e. The highest BCUT2D eigenvalue weighted by Crippen LogP contribution is 2.31. The van der Waals surface area contributed by atoms with Gasteiger partial charge in [0.15, 0.2) is 0 Å². The number of benzene rings is 1. The highest BCUT2D eigenvalue weighted by molar-refractivity contribution is 5.90. The number of aryl methyl sites for hydroxylation is 2. The molecule has 4 heteroatoms. The smallest absolute Gasteiger partial charge is 0.227 e. The van der Waals surface area contributed by atoms with E-state index in [-0.39, 0.29) is 5.91 Å². The van der Waals surface area contributed by atoms with E-state index in [1.54, 1.807) is 6.26 Å². The SMILES string of the molecule is Cc1ccc2c(CC(=O)N3C4CCNCC3CC4)coc2c1C. The van der Waals surface area contributed by atoms with Crippen LogP contribution < -0.4 is 5.32 Å². The van der Waals surface area contributed by atoms with Gasteiger partial charge in [0, 0.05) is 29.6 Å². The maximum absolute atomic E-state index is 12.9. The summed E-state index contributed by atoms with van der Waals surface area (Å²) in [6, 6.07) is 4.99. The molecule has 2 unspecified atom stereocenters. The van der Waals surface area contributed by atoms with Gasteiger partial charge in [0.05, 0.1) is 12.7 Å². The first-order valence-electron chi connectivity index (χ1n) is 8.63. The summed E-state index contributed by atoms with van der Waals surface area (Å²) < 4.78 is 5.76. The monoisotopic (exact) mass is 312 g/mol. The first-order chi connectivity index (χ1) is 11.1. The Hall–Kier alpha value is -1.81. The second kappa shape index (κ2) is 5.68. The molecule has 4 rings (SSSR count). The lowest BCUT2D eigenvalue weighted by Crippen LogP contribution is -2.43. The van der Waals surface area contributed by atoms with Gasteiger partial charge in [-0.2, -0.15) is 0 Å². The van der Waals surface area contributed by atoms with E-state index >= 15 is 0 Å². The second-order valence-corrected chi connectivity index (χ2v) is 7.00. The van der Waals surface area contributed by atoms with E-state index in [4.69, 9.17) is 4.42 Å². The first kappa shape index (κ1) is 14.8. The molecule has 0 saturated carbocycles. The predicted molar refractivity (Wildman–Crippen MR) is 90.5 cm³/mol. The summed E-state index contributed by atoms with van der Waals surface area (Å²) >= 11 is 0. The number of fused-ring (bicyclic) bond motifs is 3. The molecule has 2 fully saturated rings. The Morgan fingerprint density at radius 1 is 1.26 bits per heavy atom. The van der Waals surface area contributed by atoms with Gasteiger partial charge in [0.1, 0.15) is 5.58 Å². The molecule has 2 saturated heterocycles. The van der Waals surface area contributed by atoms with E-state index in [0.29, 0.717) is 18.5 Å². The van der Waals surface area contributed by atoms with Crippen molar-refractivity contribution < 1.29 is 9.21 Å². The van der Waals surface area contributed by atoms with Gasteiger partial charge in [0.2, 0.25) is 5.91 Å². The lowest BCUT2D eigenvalue weighted by Gasteiger charge is -2.27. The average molecular weight is 312 g/mol. The fourth-order valence-electron chi connectivity index (χ4n) is 4.17. The highest BCUT2D eigenvalue weighted by Gasteiger charge is 2.37. The number of nitrogens with one attached hydrogen (secondary N) is 1. The summed E-state index contributed by atoms with van der Waals surface area (Å²) in [5.74, 6) is 0.252. The van der Waals surface area contributed by atoms with Gasteiger partial charge in [-0.25, -0.2) is 0 Å². The molecule has 0 aliphatic carbocycles. The van der Waals surface area contributed by atoms with E-state index in [9.17, 15) is 4.79 Å². The molecule has 2 aliphatic rings. The average Bonchev–Trinajstić information content (AvgIpc) is 3.03. The molecule has 1 amide bonds. The standard InChI is InChI=1S/C19H24N2O2/c1-12-3-6-17-14(11-23-19(17)13(12)2)9-18(22)21-15-4-5-16(21)10-20-8-7-15/h3,6,11,15-16,20H,4-5,7-10H2,1-2H3. The van der Waals surface area contributed by atoms with Gasteiger partial charge in [-0.15, -0.1) is 0 Å². The predicted octanol–water partition coefficient (Wildman–Crippen LogP) is 2.95. The number of amides is 1. The minimum atomic E-state index is 0.252. The number of hydrogen-bond donors (Lipinski definition) is 1. The van der Waals surface area contributed by atoms with Crippen molar-refractivity contribution in [2.75, 3.05) is 13.1 Å². The normalized spacial score (nSPS) is 24.2. The van der Waals surface area contributed by atoms with Crippen LogP contribution in [0.25, 0.3) is 11.0 Å². The summed E-state index contributed by atoms with van der Waals surface area (Å²) in [5, 5.41) is 4.54. The zero-order valence-electron chi connectivity index (χ0n) is 13.9. The lowest BCUT2D eigenvalue weighted by atomic mass is 10.0. The van der Waals surface area contributed by atoms with Gasteiger partial charge < -0.3 is 14.6 Å². The van der Waals surface area contributed by atoms with Gasteiger partial charge in [-0.3, -0.25) is 4.79 Å². The molecule has 23 heavy (non-hydrogen) atoms. The Morgan fingerprint density at radius 3 is 2.96 bits per heavy atom. The van der Waals surface area contributed by atoms with Crippen LogP contribution in [-0.2, 0) is 11.2 Å². The third-order valence-corrected chi connectivity index (χ3v) is 5.63. The molecule has 2 aromatic rings. The Kier molecular flexibility index (Phi) is 3.64. The van der Waals surface area contributed by atoms with Crippen LogP contribution in [0.5, 0.6) is 0 Å². The van der Waals surface area contributed by atoms with Gasteiger partial charge in [-0.05, 0) is 50.8 Å². The second-order valence-electron chi connectivity index (χ2n) is 7.00. The van der Waals surface area contributed by atoms with Crippen molar-refractivity contribution in [1.82, 2.24) is 10.2 Å². The van der Waals surface area contributed by atoms with Crippen LogP contribution >= 0.6 is 0 Å². The van der Waals surface area contributed by atoms with Crippen molar-refractivity contribution >= 4 is 16.9 Å². The number of carbonyl (C=O) groups excluding carboxylic acids is 1. The van der Waals surface area contributed by atoms with Crippen molar-refractivity contribution in [3.63, 3.8) is 0 Å². The lowest BCUT2D eigenvalue weighted by molar-refractivity contribution is -0.133.